The molecule has 0 saturated heterocycles. The minimum absolute atomic E-state index is 0.0344. The van der Waals surface area contributed by atoms with Crippen molar-refractivity contribution in [1.29, 1.82) is 0 Å². The fourth-order valence-electron chi connectivity index (χ4n) is 0.447. The summed E-state index contributed by atoms with van der Waals surface area (Å²) >= 11 is 0. The van der Waals surface area contributed by atoms with Crippen molar-refractivity contribution in [3.8, 4) is 0 Å². The molecular weight excluding hydrogens is 117 g/mol. The summed E-state index contributed by atoms with van der Waals surface area (Å²) in [6.07, 6.45) is 2.33. The zero-order valence-electron chi connectivity index (χ0n) is 6.02. The monoisotopic (exact) mass is 131 g/mol. The molecule has 0 aromatic heterocycles. The maximum atomic E-state index is 12.2. The Balaban J connectivity index is 3.43. The molecule has 9 heavy (non-hydrogen) atoms. The molecule has 2 N–H and O–H groups in total. The summed E-state index contributed by atoms with van der Waals surface area (Å²) in [5, 5.41) is 0. The highest BCUT2D eigenvalue weighted by Crippen LogP contribution is 2.03. The fourth-order valence-corrected chi connectivity index (χ4v) is 0.447. The second-order valence-electron chi connectivity index (χ2n) is 2.48. The van der Waals surface area contributed by atoms with Crippen LogP contribution in [0.2, 0.25) is 0 Å². The van der Waals surface area contributed by atoms with Crippen LogP contribution in [0.3, 0.4) is 0 Å². The third-order valence-electron chi connectivity index (χ3n) is 1.01. The fraction of sp³-hybridized carbons (Fsp3) is 0.714. The molecule has 0 spiro atoms. The molecule has 0 aliphatic rings. The molecule has 0 aromatic carbocycles. The second kappa shape index (κ2) is 4.50. The van der Waals surface area contributed by atoms with Gasteiger partial charge in [-0.1, -0.05) is 19.9 Å². The molecule has 0 aromatic rings. The van der Waals surface area contributed by atoms with Gasteiger partial charge in [0.15, 0.2) is 0 Å². The molecule has 0 fully saturated rings. The normalized spacial score (nSPS) is 12.8. The van der Waals surface area contributed by atoms with Gasteiger partial charge in [-0.15, -0.1) is 0 Å². The Bertz CT molecular complexity index is 97.1. The van der Waals surface area contributed by atoms with Crippen molar-refractivity contribution in [3.63, 3.8) is 0 Å². The Hall–Kier alpha value is -0.370. The van der Waals surface area contributed by atoms with E-state index in [0.29, 0.717) is 5.92 Å². The Kier molecular flexibility index (Phi) is 4.32. The smallest absolute Gasteiger partial charge is 0.109 e. The lowest BCUT2D eigenvalue weighted by Gasteiger charge is -1.96. The Morgan fingerprint density at radius 2 is 2.22 bits per heavy atom. The lowest BCUT2D eigenvalue weighted by atomic mass is 10.1. The van der Waals surface area contributed by atoms with Gasteiger partial charge in [0.05, 0.1) is 0 Å². The van der Waals surface area contributed by atoms with Gasteiger partial charge in [0, 0.05) is 6.54 Å². The zero-order chi connectivity index (χ0) is 7.28. The van der Waals surface area contributed by atoms with Crippen molar-refractivity contribution in [2.24, 2.45) is 11.7 Å². The van der Waals surface area contributed by atoms with Crippen molar-refractivity contribution in [2.45, 2.75) is 20.3 Å². The van der Waals surface area contributed by atoms with Crippen molar-refractivity contribution < 1.29 is 4.39 Å². The van der Waals surface area contributed by atoms with Crippen LogP contribution in [0, 0.1) is 5.92 Å². The van der Waals surface area contributed by atoms with E-state index in [9.17, 15) is 4.39 Å². The highest BCUT2D eigenvalue weighted by molar-refractivity contribution is 4.92. The molecule has 0 saturated carbocycles. The first kappa shape index (κ1) is 8.63. The Morgan fingerprint density at radius 3 is 2.56 bits per heavy atom. The molecule has 0 bridgehead atoms. The Labute approximate surface area is 55.7 Å². The molecule has 0 amide bonds. The van der Waals surface area contributed by atoms with Crippen molar-refractivity contribution in [2.75, 3.05) is 6.54 Å². The van der Waals surface area contributed by atoms with Gasteiger partial charge in [0.2, 0.25) is 0 Å². The molecule has 54 valence electrons. The van der Waals surface area contributed by atoms with E-state index < -0.39 is 0 Å². The van der Waals surface area contributed by atoms with Crippen LogP contribution in [0.25, 0.3) is 0 Å². The first-order valence-corrected chi connectivity index (χ1v) is 3.21. The number of allylic oxidation sites excluding steroid dienone is 1. The number of halogens is 1. The molecule has 0 aliphatic heterocycles. The SMILES string of the molecule is CC(C)C/C=C(/F)CN. The van der Waals surface area contributed by atoms with E-state index in [1.165, 1.54) is 0 Å². The Morgan fingerprint density at radius 1 is 1.67 bits per heavy atom. The van der Waals surface area contributed by atoms with Crippen LogP contribution in [0.4, 0.5) is 4.39 Å². The van der Waals surface area contributed by atoms with E-state index in [1.54, 1.807) is 6.08 Å². The van der Waals surface area contributed by atoms with E-state index in [0.717, 1.165) is 6.42 Å². The first-order chi connectivity index (χ1) is 4.16. The topological polar surface area (TPSA) is 26.0 Å². The van der Waals surface area contributed by atoms with E-state index in [-0.39, 0.29) is 12.4 Å². The van der Waals surface area contributed by atoms with E-state index in [1.807, 2.05) is 13.8 Å². The van der Waals surface area contributed by atoms with E-state index in [2.05, 4.69) is 0 Å². The minimum atomic E-state index is -0.205. The molecule has 0 unspecified atom stereocenters. The highest BCUT2D eigenvalue weighted by Gasteiger charge is 1.91. The molecule has 0 rings (SSSR count). The van der Waals surface area contributed by atoms with Gasteiger partial charge in [-0.05, 0) is 12.3 Å². The minimum Gasteiger partial charge on any atom is -0.325 e. The highest BCUT2D eigenvalue weighted by atomic mass is 19.1. The quantitative estimate of drug-likeness (QED) is 0.621. The lowest BCUT2D eigenvalue weighted by Crippen LogP contribution is -1.98. The molecule has 1 nitrogen and oxygen atoms in total. The molecule has 0 heterocycles. The van der Waals surface area contributed by atoms with Crippen LogP contribution in [-0.4, -0.2) is 6.54 Å². The molecular formula is C7H14FN. The van der Waals surface area contributed by atoms with Crippen LogP contribution in [0.1, 0.15) is 20.3 Å². The second-order valence-corrected chi connectivity index (χ2v) is 2.48. The van der Waals surface area contributed by atoms with E-state index >= 15 is 0 Å². The summed E-state index contributed by atoms with van der Waals surface area (Å²) in [6, 6.07) is 0. The van der Waals surface area contributed by atoms with Crippen LogP contribution in [-0.2, 0) is 0 Å². The van der Waals surface area contributed by atoms with Gasteiger partial charge in [0.1, 0.15) is 5.83 Å². The number of hydrogen-bond acceptors (Lipinski definition) is 1. The zero-order valence-corrected chi connectivity index (χ0v) is 6.02. The largest absolute Gasteiger partial charge is 0.325 e. The van der Waals surface area contributed by atoms with E-state index in [4.69, 9.17) is 5.73 Å². The number of nitrogens with two attached hydrogens (primary N) is 1. The van der Waals surface area contributed by atoms with Crippen LogP contribution in [0.15, 0.2) is 11.9 Å². The van der Waals surface area contributed by atoms with Crippen molar-refractivity contribution >= 4 is 0 Å². The number of hydrogen-bond donors (Lipinski definition) is 1. The maximum Gasteiger partial charge on any atom is 0.109 e. The summed E-state index contributed by atoms with van der Waals surface area (Å²) in [7, 11) is 0. The predicted octanol–water partition coefficient (Wildman–Crippen LogP) is 1.84. The van der Waals surface area contributed by atoms with Gasteiger partial charge >= 0.3 is 0 Å². The van der Waals surface area contributed by atoms with Crippen molar-refractivity contribution in [3.05, 3.63) is 11.9 Å². The average Bonchev–Trinajstić information content (AvgIpc) is 1.83. The maximum absolute atomic E-state index is 12.2. The van der Waals surface area contributed by atoms with Crippen molar-refractivity contribution in [1.82, 2.24) is 0 Å². The molecule has 0 atom stereocenters. The molecule has 0 radical (unpaired) electrons. The summed E-state index contributed by atoms with van der Waals surface area (Å²) in [6.45, 7) is 4.12. The summed E-state index contributed by atoms with van der Waals surface area (Å²) in [4.78, 5) is 0. The summed E-state index contributed by atoms with van der Waals surface area (Å²) in [5.74, 6) is 0.311. The predicted molar refractivity (Wildman–Crippen MR) is 37.7 cm³/mol. The average molecular weight is 131 g/mol. The number of rotatable bonds is 3. The molecule has 0 aliphatic carbocycles. The van der Waals surface area contributed by atoms with Gasteiger partial charge in [-0.25, -0.2) is 4.39 Å². The third-order valence-corrected chi connectivity index (χ3v) is 1.01. The summed E-state index contributed by atoms with van der Waals surface area (Å²) < 4.78 is 12.2. The van der Waals surface area contributed by atoms with Crippen LogP contribution in [0.5, 0.6) is 0 Å². The van der Waals surface area contributed by atoms with Crippen LogP contribution < -0.4 is 5.73 Å². The lowest BCUT2D eigenvalue weighted by molar-refractivity contribution is 0.590. The summed E-state index contributed by atoms with van der Waals surface area (Å²) in [5.41, 5.74) is 5.01. The van der Waals surface area contributed by atoms with Gasteiger partial charge in [-0.2, -0.15) is 0 Å². The third kappa shape index (κ3) is 5.50. The van der Waals surface area contributed by atoms with Gasteiger partial charge in [-0.3, -0.25) is 0 Å². The molecule has 2 heteroatoms. The standard InChI is InChI=1S/C7H14FN/c1-6(2)3-4-7(8)5-9/h4,6H,3,5,9H2,1-2H3/b7-4+. The first-order valence-electron chi connectivity index (χ1n) is 3.21. The van der Waals surface area contributed by atoms with Crippen LogP contribution >= 0.6 is 0 Å². The van der Waals surface area contributed by atoms with Gasteiger partial charge < -0.3 is 5.73 Å². The van der Waals surface area contributed by atoms with Gasteiger partial charge in [0.25, 0.3) is 0 Å².